The summed E-state index contributed by atoms with van der Waals surface area (Å²) in [7, 11) is 1.74. The van der Waals surface area contributed by atoms with Gasteiger partial charge < -0.3 is 10.1 Å². The first-order valence-corrected chi connectivity index (χ1v) is 5.92. The first-order valence-electron chi connectivity index (χ1n) is 5.92. The fourth-order valence-electron chi connectivity index (χ4n) is 1.92. The predicted molar refractivity (Wildman–Crippen MR) is 68.8 cm³/mol. The first kappa shape index (κ1) is 13.2. The zero-order valence-electron chi connectivity index (χ0n) is 10.8. The number of ether oxygens (including phenoxy) is 1. The van der Waals surface area contributed by atoms with Crippen molar-refractivity contribution in [3.8, 4) is 0 Å². The highest BCUT2D eigenvalue weighted by Gasteiger charge is 2.07. The van der Waals surface area contributed by atoms with E-state index in [-0.39, 0.29) is 0 Å². The maximum Gasteiger partial charge on any atom is 0.0613 e. The van der Waals surface area contributed by atoms with Crippen molar-refractivity contribution in [2.75, 3.05) is 13.7 Å². The molecule has 0 fully saturated rings. The molecule has 0 saturated heterocycles. The summed E-state index contributed by atoms with van der Waals surface area (Å²) in [6.45, 7) is 7.24. The molecule has 0 heterocycles. The highest BCUT2D eigenvalue weighted by molar-refractivity contribution is 5.21. The van der Waals surface area contributed by atoms with Crippen LogP contribution in [0, 0.1) is 6.92 Å². The molecule has 0 radical (unpaired) electrons. The molecule has 0 spiro atoms. The van der Waals surface area contributed by atoms with E-state index in [0.29, 0.717) is 12.1 Å². The van der Waals surface area contributed by atoms with E-state index in [2.05, 4.69) is 50.4 Å². The van der Waals surface area contributed by atoms with Gasteiger partial charge in [-0.25, -0.2) is 0 Å². The van der Waals surface area contributed by atoms with Crippen LogP contribution in [0.1, 0.15) is 25.0 Å². The SMILES string of the molecule is COCC(C)NC(C)Cc1ccc(C)cc1. The molecule has 0 aliphatic rings. The molecule has 1 N–H and O–H groups in total. The standard InChI is InChI=1S/C14H23NO/c1-11-5-7-14(8-6-11)9-12(2)15-13(3)10-16-4/h5-8,12-13,15H,9-10H2,1-4H3. The number of nitrogens with one attached hydrogen (secondary N) is 1. The Bertz CT molecular complexity index is 294. The molecule has 16 heavy (non-hydrogen) atoms. The molecular formula is C14H23NO. The Morgan fingerprint density at radius 3 is 2.31 bits per heavy atom. The van der Waals surface area contributed by atoms with Gasteiger partial charge in [0.05, 0.1) is 6.61 Å². The lowest BCUT2D eigenvalue weighted by atomic mass is 10.1. The normalized spacial score (nSPS) is 14.8. The molecule has 2 nitrogen and oxygen atoms in total. The van der Waals surface area contributed by atoms with Gasteiger partial charge in [0.25, 0.3) is 0 Å². The molecule has 2 unspecified atom stereocenters. The Hall–Kier alpha value is -0.860. The first-order chi connectivity index (χ1) is 7.61. The average molecular weight is 221 g/mol. The van der Waals surface area contributed by atoms with E-state index in [1.165, 1.54) is 11.1 Å². The van der Waals surface area contributed by atoms with Crippen molar-refractivity contribution >= 4 is 0 Å². The molecule has 0 aliphatic carbocycles. The third-order valence-corrected chi connectivity index (χ3v) is 2.65. The molecule has 2 heteroatoms. The highest BCUT2D eigenvalue weighted by Crippen LogP contribution is 2.06. The van der Waals surface area contributed by atoms with Gasteiger partial charge in [-0.1, -0.05) is 29.8 Å². The summed E-state index contributed by atoms with van der Waals surface area (Å²) < 4.78 is 5.11. The number of rotatable bonds is 6. The molecule has 90 valence electrons. The summed E-state index contributed by atoms with van der Waals surface area (Å²) in [5.41, 5.74) is 2.70. The summed E-state index contributed by atoms with van der Waals surface area (Å²) in [4.78, 5) is 0. The molecule has 0 saturated carbocycles. The van der Waals surface area contributed by atoms with Gasteiger partial charge >= 0.3 is 0 Å². The Kier molecular flexibility index (Phi) is 5.50. The topological polar surface area (TPSA) is 21.3 Å². The second kappa shape index (κ2) is 6.66. The van der Waals surface area contributed by atoms with Crippen molar-refractivity contribution in [2.24, 2.45) is 0 Å². The highest BCUT2D eigenvalue weighted by atomic mass is 16.5. The molecule has 1 rings (SSSR count). The van der Waals surface area contributed by atoms with E-state index < -0.39 is 0 Å². The van der Waals surface area contributed by atoms with Gasteiger partial charge in [-0.05, 0) is 32.8 Å². The van der Waals surface area contributed by atoms with E-state index in [0.717, 1.165) is 13.0 Å². The molecule has 2 atom stereocenters. The van der Waals surface area contributed by atoms with Crippen LogP contribution < -0.4 is 5.32 Å². The monoisotopic (exact) mass is 221 g/mol. The number of benzene rings is 1. The summed E-state index contributed by atoms with van der Waals surface area (Å²) in [6, 6.07) is 9.63. The number of aryl methyl sites for hydroxylation is 1. The predicted octanol–water partition coefficient (Wildman–Crippen LogP) is 2.55. The van der Waals surface area contributed by atoms with Crippen molar-refractivity contribution < 1.29 is 4.74 Å². The van der Waals surface area contributed by atoms with Crippen LogP contribution >= 0.6 is 0 Å². The third kappa shape index (κ3) is 4.77. The minimum absolute atomic E-state index is 0.408. The molecule has 1 aromatic rings. The van der Waals surface area contributed by atoms with E-state index in [1.807, 2.05) is 0 Å². The average Bonchev–Trinajstić information content (AvgIpc) is 2.21. The molecule has 0 bridgehead atoms. The lowest BCUT2D eigenvalue weighted by Crippen LogP contribution is -2.38. The van der Waals surface area contributed by atoms with Crippen LogP contribution in [-0.2, 0) is 11.2 Å². The second-order valence-corrected chi connectivity index (χ2v) is 4.61. The van der Waals surface area contributed by atoms with Crippen LogP contribution in [0.15, 0.2) is 24.3 Å². The van der Waals surface area contributed by atoms with Crippen LogP contribution in [0.3, 0.4) is 0 Å². The van der Waals surface area contributed by atoms with Gasteiger partial charge in [0, 0.05) is 19.2 Å². The van der Waals surface area contributed by atoms with Gasteiger partial charge in [0.15, 0.2) is 0 Å². The zero-order valence-corrected chi connectivity index (χ0v) is 10.8. The molecule has 0 amide bonds. The fraction of sp³-hybridized carbons (Fsp3) is 0.571. The maximum atomic E-state index is 5.11. The van der Waals surface area contributed by atoms with Crippen LogP contribution in [-0.4, -0.2) is 25.8 Å². The summed E-state index contributed by atoms with van der Waals surface area (Å²) in [6.07, 6.45) is 1.06. The molecular weight excluding hydrogens is 198 g/mol. The van der Waals surface area contributed by atoms with E-state index in [9.17, 15) is 0 Å². The molecule has 0 aliphatic heterocycles. The Morgan fingerprint density at radius 1 is 1.12 bits per heavy atom. The Balaban J connectivity index is 2.39. The largest absolute Gasteiger partial charge is 0.383 e. The number of methoxy groups -OCH3 is 1. The van der Waals surface area contributed by atoms with Gasteiger partial charge in [0.2, 0.25) is 0 Å². The lowest BCUT2D eigenvalue weighted by molar-refractivity contribution is 0.167. The van der Waals surface area contributed by atoms with E-state index in [1.54, 1.807) is 7.11 Å². The van der Waals surface area contributed by atoms with Crippen molar-refractivity contribution in [3.05, 3.63) is 35.4 Å². The van der Waals surface area contributed by atoms with Crippen molar-refractivity contribution in [1.82, 2.24) is 5.32 Å². The second-order valence-electron chi connectivity index (χ2n) is 4.61. The minimum Gasteiger partial charge on any atom is -0.383 e. The van der Waals surface area contributed by atoms with E-state index in [4.69, 9.17) is 4.74 Å². The maximum absolute atomic E-state index is 5.11. The summed E-state index contributed by atoms with van der Waals surface area (Å²) in [5, 5.41) is 3.52. The quantitative estimate of drug-likeness (QED) is 0.797. The lowest BCUT2D eigenvalue weighted by Gasteiger charge is -2.19. The number of hydrogen-bond donors (Lipinski definition) is 1. The third-order valence-electron chi connectivity index (χ3n) is 2.65. The van der Waals surface area contributed by atoms with Crippen molar-refractivity contribution in [1.29, 1.82) is 0 Å². The van der Waals surface area contributed by atoms with Crippen molar-refractivity contribution in [2.45, 2.75) is 39.3 Å². The Labute approximate surface area is 99.0 Å². The fourth-order valence-corrected chi connectivity index (χ4v) is 1.92. The number of hydrogen-bond acceptors (Lipinski definition) is 2. The van der Waals surface area contributed by atoms with Gasteiger partial charge in [0.1, 0.15) is 0 Å². The smallest absolute Gasteiger partial charge is 0.0613 e. The van der Waals surface area contributed by atoms with Gasteiger partial charge in [-0.3, -0.25) is 0 Å². The van der Waals surface area contributed by atoms with Crippen LogP contribution in [0.25, 0.3) is 0 Å². The van der Waals surface area contributed by atoms with Gasteiger partial charge in [-0.2, -0.15) is 0 Å². The molecule has 1 aromatic carbocycles. The minimum atomic E-state index is 0.408. The van der Waals surface area contributed by atoms with Crippen LogP contribution in [0.5, 0.6) is 0 Å². The van der Waals surface area contributed by atoms with Crippen LogP contribution in [0.4, 0.5) is 0 Å². The zero-order chi connectivity index (χ0) is 12.0. The van der Waals surface area contributed by atoms with E-state index >= 15 is 0 Å². The molecule has 0 aromatic heterocycles. The Morgan fingerprint density at radius 2 is 1.75 bits per heavy atom. The summed E-state index contributed by atoms with van der Waals surface area (Å²) in [5.74, 6) is 0. The van der Waals surface area contributed by atoms with Crippen molar-refractivity contribution in [3.63, 3.8) is 0 Å². The van der Waals surface area contributed by atoms with Gasteiger partial charge in [-0.15, -0.1) is 0 Å². The summed E-state index contributed by atoms with van der Waals surface area (Å²) >= 11 is 0. The van der Waals surface area contributed by atoms with Crippen LogP contribution in [0.2, 0.25) is 0 Å².